The predicted octanol–water partition coefficient (Wildman–Crippen LogP) is 5.32. The maximum absolute atomic E-state index is 12.7. The monoisotopic (exact) mass is 390 g/mol. The second-order valence-corrected chi connectivity index (χ2v) is 7.37. The molecule has 1 aromatic carbocycles. The van der Waals surface area contributed by atoms with Crippen molar-refractivity contribution in [1.82, 2.24) is 9.78 Å². The van der Waals surface area contributed by atoms with Crippen LogP contribution in [0.2, 0.25) is 0 Å². The zero-order chi connectivity index (χ0) is 21.4. The van der Waals surface area contributed by atoms with Crippen molar-refractivity contribution in [2.24, 2.45) is 10.9 Å². The van der Waals surface area contributed by atoms with Crippen molar-refractivity contribution in [3.8, 4) is 11.8 Å². The summed E-state index contributed by atoms with van der Waals surface area (Å²) < 4.78 is 1.84. The lowest BCUT2D eigenvalue weighted by Crippen LogP contribution is -2.14. The lowest BCUT2D eigenvalue weighted by molar-refractivity contribution is 0.102. The summed E-state index contributed by atoms with van der Waals surface area (Å²) in [4.78, 5) is 16.9. The van der Waals surface area contributed by atoms with Crippen LogP contribution in [0.3, 0.4) is 0 Å². The summed E-state index contributed by atoms with van der Waals surface area (Å²) in [5.41, 5.74) is 3.37. The van der Waals surface area contributed by atoms with E-state index in [1.807, 2.05) is 62.1 Å². The van der Waals surface area contributed by atoms with Crippen LogP contribution in [0.4, 0.5) is 5.82 Å². The van der Waals surface area contributed by atoms with Crippen LogP contribution >= 0.6 is 0 Å². The standard InChI is InChI=1S/C24H30N4O/c1-7-8-13-25-15-18(4)9-11-21-14-22(12-10-19(21)5)24(29)26-23-20(6)16-28(27-23)17(2)3/h8,10,12-18H,7H2,1-6H3,(H,26,27,29)/b13-8-,25-15?. The molecule has 0 saturated carbocycles. The van der Waals surface area contributed by atoms with E-state index >= 15 is 0 Å². The minimum Gasteiger partial charge on any atom is -0.305 e. The Balaban J connectivity index is 2.16. The number of rotatable bonds is 6. The molecule has 1 aromatic heterocycles. The highest BCUT2D eigenvalue weighted by Crippen LogP contribution is 2.17. The van der Waals surface area contributed by atoms with Crippen molar-refractivity contribution in [1.29, 1.82) is 0 Å². The Kier molecular flexibility index (Phi) is 7.97. The Labute approximate surface area is 173 Å². The normalized spacial score (nSPS) is 12.4. The van der Waals surface area contributed by atoms with Gasteiger partial charge >= 0.3 is 0 Å². The third-order valence-electron chi connectivity index (χ3n) is 4.35. The number of aliphatic imine (C=N–C) groups is 1. The number of hydrogen-bond donors (Lipinski definition) is 1. The summed E-state index contributed by atoms with van der Waals surface area (Å²) in [5, 5.41) is 7.36. The van der Waals surface area contributed by atoms with E-state index < -0.39 is 0 Å². The zero-order valence-corrected chi connectivity index (χ0v) is 18.2. The van der Waals surface area contributed by atoms with Crippen LogP contribution in [-0.2, 0) is 0 Å². The Morgan fingerprint density at radius 2 is 2.03 bits per heavy atom. The minimum absolute atomic E-state index is 0.0241. The molecule has 0 spiro atoms. The summed E-state index contributed by atoms with van der Waals surface area (Å²) in [7, 11) is 0. The summed E-state index contributed by atoms with van der Waals surface area (Å²) in [6.07, 6.45) is 8.50. The molecular formula is C24H30N4O. The lowest BCUT2D eigenvalue weighted by atomic mass is 10.0. The molecule has 0 aliphatic carbocycles. The van der Waals surface area contributed by atoms with Crippen LogP contribution in [0.15, 0.2) is 41.7 Å². The minimum atomic E-state index is -0.190. The molecule has 2 rings (SSSR count). The summed E-state index contributed by atoms with van der Waals surface area (Å²) >= 11 is 0. The summed E-state index contributed by atoms with van der Waals surface area (Å²) in [6.45, 7) is 12.1. The molecule has 5 heteroatoms. The number of nitrogens with one attached hydrogen (secondary N) is 1. The average molecular weight is 391 g/mol. The van der Waals surface area contributed by atoms with Crippen molar-refractivity contribution in [2.45, 2.75) is 54.0 Å². The van der Waals surface area contributed by atoms with Gasteiger partial charge in [0, 0.05) is 41.3 Å². The second kappa shape index (κ2) is 10.4. The van der Waals surface area contributed by atoms with Gasteiger partial charge < -0.3 is 5.32 Å². The van der Waals surface area contributed by atoms with Crippen molar-refractivity contribution in [3.63, 3.8) is 0 Å². The molecule has 5 nitrogen and oxygen atoms in total. The van der Waals surface area contributed by atoms with Crippen LogP contribution in [0.1, 0.15) is 67.2 Å². The van der Waals surface area contributed by atoms with Gasteiger partial charge in [-0.3, -0.25) is 14.5 Å². The van der Waals surface area contributed by atoms with E-state index in [1.54, 1.807) is 6.20 Å². The van der Waals surface area contributed by atoms with Gasteiger partial charge in [0.05, 0.1) is 5.92 Å². The second-order valence-electron chi connectivity index (χ2n) is 7.37. The number of nitrogens with zero attached hydrogens (tertiary/aromatic N) is 3. The van der Waals surface area contributed by atoms with E-state index in [-0.39, 0.29) is 17.9 Å². The fourth-order valence-corrected chi connectivity index (χ4v) is 2.52. The van der Waals surface area contributed by atoms with Crippen LogP contribution in [-0.4, -0.2) is 21.9 Å². The number of hydrogen-bond acceptors (Lipinski definition) is 3. The molecule has 0 saturated heterocycles. The van der Waals surface area contributed by atoms with Crippen LogP contribution in [0.5, 0.6) is 0 Å². The highest BCUT2D eigenvalue weighted by Gasteiger charge is 2.13. The first-order valence-corrected chi connectivity index (χ1v) is 9.99. The predicted molar refractivity (Wildman–Crippen MR) is 120 cm³/mol. The third kappa shape index (κ3) is 6.46. The lowest BCUT2D eigenvalue weighted by Gasteiger charge is -2.06. The molecule has 0 aliphatic rings. The topological polar surface area (TPSA) is 59.3 Å². The van der Waals surface area contributed by atoms with E-state index in [2.05, 4.69) is 48.0 Å². The van der Waals surface area contributed by atoms with Crippen molar-refractivity contribution < 1.29 is 4.79 Å². The van der Waals surface area contributed by atoms with Gasteiger partial charge in [0.2, 0.25) is 0 Å². The highest BCUT2D eigenvalue weighted by molar-refractivity contribution is 6.04. The van der Waals surface area contributed by atoms with Gasteiger partial charge in [-0.1, -0.05) is 30.9 Å². The smallest absolute Gasteiger partial charge is 0.256 e. The number of anilines is 1. The van der Waals surface area contributed by atoms with Crippen LogP contribution in [0.25, 0.3) is 0 Å². The maximum atomic E-state index is 12.7. The molecule has 29 heavy (non-hydrogen) atoms. The SMILES string of the molecule is CC/C=C\N=CC(C)C#Cc1cc(C(=O)Nc2nn(C(C)C)cc2C)ccc1C. The van der Waals surface area contributed by atoms with Gasteiger partial charge in [0.15, 0.2) is 5.82 Å². The molecule has 0 bridgehead atoms. The molecule has 1 atom stereocenters. The summed E-state index contributed by atoms with van der Waals surface area (Å²) in [5.74, 6) is 6.77. The number of aromatic nitrogens is 2. The van der Waals surface area contributed by atoms with Gasteiger partial charge in [0.1, 0.15) is 0 Å². The molecule has 0 aliphatic heterocycles. The molecule has 0 fully saturated rings. The molecule has 2 aromatic rings. The van der Waals surface area contributed by atoms with Crippen molar-refractivity contribution in [3.05, 3.63) is 58.9 Å². The Morgan fingerprint density at radius 1 is 1.28 bits per heavy atom. The summed E-state index contributed by atoms with van der Waals surface area (Å²) in [6, 6.07) is 5.79. The van der Waals surface area contributed by atoms with Crippen molar-refractivity contribution in [2.75, 3.05) is 5.32 Å². The highest BCUT2D eigenvalue weighted by atomic mass is 16.1. The number of allylic oxidation sites excluding steroid dienone is 1. The van der Waals surface area contributed by atoms with E-state index in [1.165, 1.54) is 0 Å². The number of amides is 1. The maximum Gasteiger partial charge on any atom is 0.256 e. The van der Waals surface area contributed by atoms with E-state index in [0.717, 1.165) is 23.1 Å². The van der Waals surface area contributed by atoms with E-state index in [4.69, 9.17) is 0 Å². The zero-order valence-electron chi connectivity index (χ0n) is 18.2. The third-order valence-corrected chi connectivity index (χ3v) is 4.35. The molecular weight excluding hydrogens is 360 g/mol. The molecule has 0 radical (unpaired) electrons. The molecule has 152 valence electrons. The number of carbonyl (C=O) groups excluding carboxylic acids is 1. The van der Waals surface area contributed by atoms with Crippen molar-refractivity contribution >= 4 is 17.9 Å². The molecule has 1 heterocycles. The van der Waals surface area contributed by atoms with Crippen LogP contribution in [0, 0.1) is 31.6 Å². The van der Waals surface area contributed by atoms with Gasteiger partial charge in [-0.05, 0) is 58.7 Å². The van der Waals surface area contributed by atoms with Gasteiger partial charge in [0.25, 0.3) is 5.91 Å². The fraction of sp³-hybridized carbons (Fsp3) is 0.375. The van der Waals surface area contributed by atoms with Gasteiger partial charge in [-0.2, -0.15) is 5.10 Å². The van der Waals surface area contributed by atoms with E-state index in [9.17, 15) is 4.79 Å². The first kappa shape index (κ1) is 22.2. The Morgan fingerprint density at radius 3 is 2.69 bits per heavy atom. The molecule has 1 unspecified atom stereocenters. The first-order chi connectivity index (χ1) is 13.8. The first-order valence-electron chi connectivity index (χ1n) is 9.99. The number of benzene rings is 1. The Bertz CT molecular complexity index is 970. The Hall–Kier alpha value is -3.13. The molecule has 1 amide bonds. The van der Waals surface area contributed by atoms with Crippen LogP contribution < -0.4 is 5.32 Å². The number of aryl methyl sites for hydroxylation is 2. The largest absolute Gasteiger partial charge is 0.305 e. The average Bonchev–Trinajstić information content (AvgIpc) is 3.05. The molecule has 1 N–H and O–H groups in total. The van der Waals surface area contributed by atoms with Gasteiger partial charge in [-0.25, -0.2) is 0 Å². The fourth-order valence-electron chi connectivity index (χ4n) is 2.52. The quantitative estimate of drug-likeness (QED) is 0.536. The van der Waals surface area contributed by atoms with E-state index in [0.29, 0.717) is 11.4 Å². The van der Waals surface area contributed by atoms with Gasteiger partial charge in [-0.15, -0.1) is 0 Å². The number of carbonyl (C=O) groups is 1.